The standard InChI is InChI=1S/C19H14ClF2N3O4/c20-12-3-1-11(2-4-12)18-24-16(29-25-18)10-28-17(26)7-8-23-19(27)14-6-5-13(21)9-15(14)22/h1-6,9H,7-8,10H2,(H,23,27). The van der Waals surface area contributed by atoms with Crippen molar-refractivity contribution in [3.63, 3.8) is 0 Å². The lowest BCUT2D eigenvalue weighted by atomic mass is 10.2. The molecule has 7 nitrogen and oxygen atoms in total. The minimum atomic E-state index is -0.988. The number of ether oxygens (including phenoxy) is 1. The number of aromatic nitrogens is 2. The smallest absolute Gasteiger partial charge is 0.308 e. The van der Waals surface area contributed by atoms with E-state index in [-0.39, 0.29) is 31.0 Å². The molecule has 3 aromatic rings. The average molecular weight is 422 g/mol. The topological polar surface area (TPSA) is 94.3 Å². The van der Waals surface area contributed by atoms with Gasteiger partial charge in [0.05, 0.1) is 12.0 Å². The summed E-state index contributed by atoms with van der Waals surface area (Å²) in [5, 5.41) is 6.71. The van der Waals surface area contributed by atoms with Crippen LogP contribution in [0.1, 0.15) is 22.7 Å². The number of hydrogen-bond donors (Lipinski definition) is 1. The maximum Gasteiger partial charge on any atom is 0.308 e. The summed E-state index contributed by atoms with van der Waals surface area (Å²) >= 11 is 5.82. The molecule has 0 saturated carbocycles. The van der Waals surface area contributed by atoms with Crippen molar-refractivity contribution in [2.75, 3.05) is 6.54 Å². The third kappa shape index (κ3) is 5.58. The fourth-order valence-electron chi connectivity index (χ4n) is 2.29. The van der Waals surface area contributed by atoms with Crippen LogP contribution in [0, 0.1) is 11.6 Å². The van der Waals surface area contributed by atoms with Gasteiger partial charge in [-0.3, -0.25) is 9.59 Å². The van der Waals surface area contributed by atoms with Crippen LogP contribution < -0.4 is 5.32 Å². The van der Waals surface area contributed by atoms with E-state index < -0.39 is 23.5 Å². The number of halogens is 3. The summed E-state index contributed by atoms with van der Waals surface area (Å²) in [5.74, 6) is -2.75. The Labute approximate surface area is 168 Å². The molecule has 0 atom stereocenters. The number of benzene rings is 2. The molecule has 10 heteroatoms. The second-order valence-electron chi connectivity index (χ2n) is 5.81. The van der Waals surface area contributed by atoms with Gasteiger partial charge in [0.1, 0.15) is 11.6 Å². The van der Waals surface area contributed by atoms with E-state index in [0.29, 0.717) is 22.5 Å². The molecule has 1 N–H and O–H groups in total. The first-order chi connectivity index (χ1) is 13.9. The van der Waals surface area contributed by atoms with Crippen molar-refractivity contribution in [1.82, 2.24) is 15.5 Å². The minimum Gasteiger partial charge on any atom is -0.456 e. The second-order valence-corrected chi connectivity index (χ2v) is 6.25. The van der Waals surface area contributed by atoms with Gasteiger partial charge in [-0.05, 0) is 36.4 Å². The number of carbonyl (C=O) groups is 2. The fraction of sp³-hybridized carbons (Fsp3) is 0.158. The zero-order chi connectivity index (χ0) is 20.8. The molecule has 1 aromatic heterocycles. The number of hydrogen-bond acceptors (Lipinski definition) is 6. The summed E-state index contributed by atoms with van der Waals surface area (Å²) in [7, 11) is 0. The van der Waals surface area contributed by atoms with Gasteiger partial charge in [0, 0.05) is 23.2 Å². The highest BCUT2D eigenvalue weighted by Gasteiger charge is 2.14. The van der Waals surface area contributed by atoms with Crippen LogP contribution in [0.5, 0.6) is 0 Å². The summed E-state index contributed by atoms with van der Waals surface area (Å²) in [5.41, 5.74) is 0.367. The Hall–Kier alpha value is -3.33. The molecule has 0 saturated heterocycles. The van der Waals surface area contributed by atoms with E-state index in [9.17, 15) is 18.4 Å². The summed E-state index contributed by atoms with van der Waals surface area (Å²) in [6.07, 6.45) is -0.160. The minimum absolute atomic E-state index is 0.0889. The van der Waals surface area contributed by atoms with E-state index in [0.717, 1.165) is 12.1 Å². The molecular formula is C19H14ClF2N3O4. The van der Waals surface area contributed by atoms with Gasteiger partial charge in [0.2, 0.25) is 5.82 Å². The predicted octanol–water partition coefficient (Wildman–Crippen LogP) is 3.53. The number of nitrogens with zero attached hydrogens (tertiary/aromatic N) is 2. The lowest BCUT2D eigenvalue weighted by Crippen LogP contribution is -2.27. The maximum absolute atomic E-state index is 13.5. The Morgan fingerprint density at radius 3 is 2.62 bits per heavy atom. The monoisotopic (exact) mass is 421 g/mol. The molecule has 0 radical (unpaired) electrons. The van der Waals surface area contributed by atoms with Gasteiger partial charge < -0.3 is 14.6 Å². The number of nitrogens with one attached hydrogen (secondary N) is 1. The number of rotatable bonds is 7. The van der Waals surface area contributed by atoms with Crippen LogP contribution in [-0.4, -0.2) is 28.6 Å². The molecule has 0 spiro atoms. The van der Waals surface area contributed by atoms with Crippen LogP contribution in [0.4, 0.5) is 8.78 Å². The lowest BCUT2D eigenvalue weighted by molar-refractivity contribution is -0.145. The average Bonchev–Trinajstić information content (AvgIpc) is 3.16. The van der Waals surface area contributed by atoms with Crippen LogP contribution in [0.3, 0.4) is 0 Å². The van der Waals surface area contributed by atoms with Crippen LogP contribution in [-0.2, 0) is 16.1 Å². The zero-order valence-corrected chi connectivity index (χ0v) is 15.6. The molecule has 2 aromatic carbocycles. The van der Waals surface area contributed by atoms with Crippen molar-refractivity contribution in [2.45, 2.75) is 13.0 Å². The van der Waals surface area contributed by atoms with Gasteiger partial charge in [-0.25, -0.2) is 8.78 Å². The van der Waals surface area contributed by atoms with Crippen LogP contribution in [0.25, 0.3) is 11.4 Å². The Morgan fingerprint density at radius 2 is 1.90 bits per heavy atom. The van der Waals surface area contributed by atoms with Gasteiger partial charge in [-0.1, -0.05) is 16.8 Å². The van der Waals surface area contributed by atoms with E-state index in [2.05, 4.69) is 15.5 Å². The van der Waals surface area contributed by atoms with Gasteiger partial charge in [-0.15, -0.1) is 0 Å². The SMILES string of the molecule is O=C(CCNC(=O)c1ccc(F)cc1F)OCc1nc(-c2ccc(Cl)cc2)no1. The van der Waals surface area contributed by atoms with Gasteiger partial charge >= 0.3 is 5.97 Å². The largest absolute Gasteiger partial charge is 0.456 e. The highest BCUT2D eigenvalue weighted by Crippen LogP contribution is 2.18. The molecule has 3 rings (SSSR count). The van der Waals surface area contributed by atoms with Crippen molar-refractivity contribution >= 4 is 23.5 Å². The van der Waals surface area contributed by atoms with Crippen LogP contribution in [0.2, 0.25) is 5.02 Å². The highest BCUT2D eigenvalue weighted by atomic mass is 35.5. The molecular weight excluding hydrogens is 408 g/mol. The first-order valence-corrected chi connectivity index (χ1v) is 8.77. The molecule has 0 aliphatic carbocycles. The summed E-state index contributed by atoms with van der Waals surface area (Å²) in [6.45, 7) is -0.325. The van der Waals surface area contributed by atoms with E-state index in [4.69, 9.17) is 20.9 Å². The van der Waals surface area contributed by atoms with Crippen molar-refractivity contribution in [2.24, 2.45) is 0 Å². The van der Waals surface area contributed by atoms with E-state index in [1.54, 1.807) is 24.3 Å². The Bertz CT molecular complexity index is 1020. The van der Waals surface area contributed by atoms with Crippen molar-refractivity contribution in [3.05, 3.63) is 70.6 Å². The fourth-order valence-corrected chi connectivity index (χ4v) is 2.42. The predicted molar refractivity (Wildman–Crippen MR) is 97.8 cm³/mol. The van der Waals surface area contributed by atoms with Crippen molar-refractivity contribution in [1.29, 1.82) is 0 Å². The van der Waals surface area contributed by atoms with Crippen LogP contribution >= 0.6 is 11.6 Å². The van der Waals surface area contributed by atoms with E-state index in [1.165, 1.54) is 0 Å². The third-order valence-electron chi connectivity index (χ3n) is 3.72. The summed E-state index contributed by atoms with van der Waals surface area (Å²) in [6, 6.07) is 9.39. The van der Waals surface area contributed by atoms with Crippen molar-refractivity contribution < 1.29 is 27.6 Å². The quantitative estimate of drug-likeness (QED) is 0.586. The molecule has 1 heterocycles. The number of carbonyl (C=O) groups excluding carboxylic acids is 2. The molecule has 0 fully saturated rings. The first-order valence-electron chi connectivity index (χ1n) is 8.40. The number of amides is 1. The van der Waals surface area contributed by atoms with E-state index in [1.807, 2.05) is 0 Å². The molecule has 0 bridgehead atoms. The molecule has 29 heavy (non-hydrogen) atoms. The Balaban J connectivity index is 1.43. The summed E-state index contributed by atoms with van der Waals surface area (Å²) in [4.78, 5) is 27.7. The van der Waals surface area contributed by atoms with Crippen molar-refractivity contribution in [3.8, 4) is 11.4 Å². The Morgan fingerprint density at radius 1 is 1.14 bits per heavy atom. The van der Waals surface area contributed by atoms with Crippen LogP contribution in [0.15, 0.2) is 47.0 Å². The first kappa shape index (κ1) is 20.4. The molecule has 0 aliphatic rings. The highest BCUT2D eigenvalue weighted by molar-refractivity contribution is 6.30. The zero-order valence-electron chi connectivity index (χ0n) is 14.8. The lowest BCUT2D eigenvalue weighted by Gasteiger charge is -2.06. The maximum atomic E-state index is 13.5. The normalized spacial score (nSPS) is 10.6. The molecule has 1 amide bonds. The van der Waals surface area contributed by atoms with Gasteiger partial charge in [0.15, 0.2) is 6.61 Å². The van der Waals surface area contributed by atoms with Gasteiger partial charge in [0.25, 0.3) is 11.8 Å². The van der Waals surface area contributed by atoms with E-state index >= 15 is 0 Å². The number of esters is 1. The molecule has 0 unspecified atom stereocenters. The molecule has 150 valence electrons. The van der Waals surface area contributed by atoms with Gasteiger partial charge in [-0.2, -0.15) is 4.98 Å². The summed E-state index contributed by atoms with van der Waals surface area (Å²) < 4.78 is 36.4. The Kier molecular flexibility index (Phi) is 6.50. The third-order valence-corrected chi connectivity index (χ3v) is 3.97. The molecule has 0 aliphatic heterocycles. The second kappa shape index (κ2) is 9.24.